The van der Waals surface area contributed by atoms with Gasteiger partial charge in [-0.05, 0) is 19.1 Å². The maximum absolute atomic E-state index is 13.0. The molecule has 1 fully saturated rings. The largest absolute Gasteiger partial charge is 0.363 e. The van der Waals surface area contributed by atoms with Crippen molar-refractivity contribution in [1.82, 2.24) is 5.32 Å². The zero-order valence-corrected chi connectivity index (χ0v) is 11.7. The average molecular weight is 307 g/mol. The minimum absolute atomic E-state index is 0.0508. The van der Waals surface area contributed by atoms with Gasteiger partial charge in [0.1, 0.15) is 12.4 Å². The maximum Gasteiger partial charge on any atom is 0.250 e. The second kappa shape index (κ2) is 5.63. The number of rotatable bonds is 4. The number of nitrogens with one attached hydrogen (secondary N) is 2. The smallest absolute Gasteiger partial charge is 0.250 e. The number of amides is 1. The maximum atomic E-state index is 13.0. The Morgan fingerprint density at radius 3 is 2.53 bits per heavy atom. The zero-order chi connectivity index (χ0) is 14.0. The molecule has 0 atom stereocenters. The number of ether oxygens (including phenoxy) is 1. The van der Waals surface area contributed by atoms with Crippen molar-refractivity contribution in [3.63, 3.8) is 0 Å². The summed E-state index contributed by atoms with van der Waals surface area (Å²) in [6, 6.07) is 2.17. The number of hydrogen-bond donors (Lipinski definition) is 2. The fourth-order valence-electron chi connectivity index (χ4n) is 1.66. The van der Waals surface area contributed by atoms with E-state index in [1.807, 2.05) is 6.92 Å². The molecule has 2 rings (SSSR count). The molecular weight excluding hydrogens is 294 g/mol. The number of halogens is 3. The van der Waals surface area contributed by atoms with E-state index in [4.69, 9.17) is 27.9 Å². The van der Waals surface area contributed by atoms with E-state index in [1.165, 1.54) is 0 Å². The molecule has 0 radical (unpaired) electrons. The highest BCUT2D eigenvalue weighted by Crippen LogP contribution is 2.31. The molecule has 2 N–H and O–H groups in total. The van der Waals surface area contributed by atoms with Crippen molar-refractivity contribution in [2.24, 2.45) is 0 Å². The topological polar surface area (TPSA) is 50.4 Å². The van der Waals surface area contributed by atoms with Gasteiger partial charge in [-0.25, -0.2) is 4.39 Å². The molecule has 19 heavy (non-hydrogen) atoms. The van der Waals surface area contributed by atoms with Crippen LogP contribution in [0.3, 0.4) is 0 Å². The van der Waals surface area contributed by atoms with Gasteiger partial charge < -0.3 is 15.4 Å². The molecule has 1 aromatic carbocycles. The van der Waals surface area contributed by atoms with Crippen LogP contribution in [0.4, 0.5) is 10.1 Å². The molecule has 1 heterocycles. The lowest BCUT2D eigenvalue weighted by Crippen LogP contribution is -2.59. The van der Waals surface area contributed by atoms with E-state index in [1.54, 1.807) is 0 Å². The Balaban J connectivity index is 1.95. The summed E-state index contributed by atoms with van der Waals surface area (Å²) in [7, 11) is 0. The van der Waals surface area contributed by atoms with E-state index in [0.717, 1.165) is 12.1 Å². The third kappa shape index (κ3) is 3.57. The molecule has 0 bridgehead atoms. The van der Waals surface area contributed by atoms with Crippen LogP contribution in [-0.4, -0.2) is 31.2 Å². The van der Waals surface area contributed by atoms with Crippen LogP contribution in [0.2, 0.25) is 10.0 Å². The molecular formula is C12H13Cl2FN2O2. The van der Waals surface area contributed by atoms with Crippen LogP contribution in [0.5, 0.6) is 0 Å². The molecule has 0 aliphatic carbocycles. The van der Waals surface area contributed by atoms with Crippen LogP contribution in [-0.2, 0) is 9.53 Å². The lowest BCUT2D eigenvalue weighted by Gasteiger charge is -2.38. The molecule has 7 heteroatoms. The van der Waals surface area contributed by atoms with Crippen molar-refractivity contribution in [2.75, 3.05) is 25.0 Å². The van der Waals surface area contributed by atoms with Gasteiger partial charge in [-0.15, -0.1) is 0 Å². The minimum Gasteiger partial charge on any atom is -0.363 e. The summed E-state index contributed by atoms with van der Waals surface area (Å²) in [5.41, 5.74) is -0.122. The molecule has 104 valence electrons. The summed E-state index contributed by atoms with van der Waals surface area (Å²) in [5, 5.41) is 5.67. The van der Waals surface area contributed by atoms with Gasteiger partial charge in [0.2, 0.25) is 5.91 Å². The fourth-order valence-corrected chi connectivity index (χ4v) is 2.21. The van der Waals surface area contributed by atoms with Crippen molar-refractivity contribution in [1.29, 1.82) is 0 Å². The molecule has 0 spiro atoms. The molecule has 0 saturated carbocycles. The van der Waals surface area contributed by atoms with E-state index in [2.05, 4.69) is 10.6 Å². The average Bonchev–Trinajstić information content (AvgIpc) is 2.28. The highest BCUT2D eigenvalue weighted by Gasteiger charge is 2.33. The van der Waals surface area contributed by atoms with Crippen molar-refractivity contribution in [3.8, 4) is 0 Å². The van der Waals surface area contributed by atoms with Gasteiger partial charge in [0.05, 0.1) is 21.3 Å². The van der Waals surface area contributed by atoms with E-state index in [0.29, 0.717) is 13.1 Å². The first-order chi connectivity index (χ1) is 8.89. The van der Waals surface area contributed by atoms with Crippen LogP contribution in [0, 0.1) is 5.82 Å². The first kappa shape index (κ1) is 14.5. The van der Waals surface area contributed by atoms with Crippen molar-refractivity contribution in [2.45, 2.75) is 12.5 Å². The predicted octanol–water partition coefficient (Wildman–Crippen LogP) is 2.45. The summed E-state index contributed by atoms with van der Waals surface area (Å²) >= 11 is 11.6. The highest BCUT2D eigenvalue weighted by molar-refractivity contribution is 6.39. The Morgan fingerprint density at radius 2 is 2.05 bits per heavy atom. The Morgan fingerprint density at radius 1 is 1.47 bits per heavy atom. The lowest BCUT2D eigenvalue weighted by molar-refractivity contribution is -0.130. The standard InChI is InChI=1S/C12H13Cl2FN2O2/c1-12(5-16-6-12)19-4-10(18)17-11-8(13)2-7(15)3-9(11)14/h2-3,16H,4-6H2,1H3,(H,17,18). The van der Waals surface area contributed by atoms with Crippen molar-refractivity contribution in [3.05, 3.63) is 28.0 Å². The van der Waals surface area contributed by atoms with Gasteiger partial charge in [-0.3, -0.25) is 4.79 Å². The molecule has 0 unspecified atom stereocenters. The minimum atomic E-state index is -0.558. The van der Waals surface area contributed by atoms with E-state index >= 15 is 0 Å². The van der Waals surface area contributed by atoms with Gasteiger partial charge in [0, 0.05) is 13.1 Å². The van der Waals surface area contributed by atoms with Gasteiger partial charge in [0.15, 0.2) is 0 Å². The van der Waals surface area contributed by atoms with E-state index < -0.39 is 5.82 Å². The Bertz CT molecular complexity index is 483. The first-order valence-corrected chi connectivity index (χ1v) is 6.44. The third-order valence-electron chi connectivity index (χ3n) is 2.82. The fraction of sp³-hybridized carbons (Fsp3) is 0.417. The molecule has 4 nitrogen and oxygen atoms in total. The van der Waals surface area contributed by atoms with E-state index in [9.17, 15) is 9.18 Å². The van der Waals surface area contributed by atoms with E-state index in [-0.39, 0.29) is 33.8 Å². The van der Waals surface area contributed by atoms with Crippen LogP contribution in [0.25, 0.3) is 0 Å². The molecule has 0 aromatic heterocycles. The summed E-state index contributed by atoms with van der Waals surface area (Å²) in [6.07, 6.45) is 0. The third-order valence-corrected chi connectivity index (χ3v) is 3.42. The number of benzene rings is 1. The summed E-state index contributed by atoms with van der Waals surface area (Å²) in [6.45, 7) is 3.22. The predicted molar refractivity (Wildman–Crippen MR) is 72.3 cm³/mol. The molecule has 1 aromatic rings. The number of anilines is 1. The lowest BCUT2D eigenvalue weighted by atomic mass is 10.0. The second-order valence-corrected chi connectivity index (χ2v) is 5.45. The number of hydrogen-bond acceptors (Lipinski definition) is 3. The van der Waals surface area contributed by atoms with Crippen LogP contribution in [0.1, 0.15) is 6.92 Å². The van der Waals surface area contributed by atoms with Crippen molar-refractivity contribution < 1.29 is 13.9 Å². The Hall–Kier alpha value is -0.880. The first-order valence-electron chi connectivity index (χ1n) is 5.69. The molecule has 1 amide bonds. The van der Waals surface area contributed by atoms with Gasteiger partial charge in [-0.1, -0.05) is 23.2 Å². The quantitative estimate of drug-likeness (QED) is 0.898. The highest BCUT2D eigenvalue weighted by atomic mass is 35.5. The van der Waals surface area contributed by atoms with Crippen LogP contribution < -0.4 is 10.6 Å². The number of carbonyl (C=O) groups is 1. The molecule has 1 saturated heterocycles. The Labute approximate surface area is 120 Å². The second-order valence-electron chi connectivity index (χ2n) is 4.63. The van der Waals surface area contributed by atoms with Gasteiger partial charge in [-0.2, -0.15) is 0 Å². The summed E-state index contributed by atoms with van der Waals surface area (Å²) in [5.74, 6) is -0.944. The van der Waals surface area contributed by atoms with Gasteiger partial charge >= 0.3 is 0 Å². The van der Waals surface area contributed by atoms with Crippen LogP contribution in [0.15, 0.2) is 12.1 Å². The monoisotopic (exact) mass is 306 g/mol. The van der Waals surface area contributed by atoms with Crippen LogP contribution >= 0.6 is 23.2 Å². The summed E-state index contributed by atoms with van der Waals surface area (Å²) in [4.78, 5) is 11.7. The van der Waals surface area contributed by atoms with Gasteiger partial charge in [0.25, 0.3) is 0 Å². The SMILES string of the molecule is CC1(OCC(=O)Nc2c(Cl)cc(F)cc2Cl)CNC1. The number of carbonyl (C=O) groups excluding carboxylic acids is 1. The molecule has 1 aliphatic rings. The molecule has 1 aliphatic heterocycles. The van der Waals surface area contributed by atoms with Crippen molar-refractivity contribution >= 4 is 34.8 Å². The Kier molecular flexibility index (Phi) is 4.30. The zero-order valence-electron chi connectivity index (χ0n) is 10.2. The summed E-state index contributed by atoms with van der Waals surface area (Å²) < 4.78 is 18.5. The normalized spacial score (nSPS) is 16.8.